The summed E-state index contributed by atoms with van der Waals surface area (Å²) in [7, 11) is 0. The van der Waals surface area contributed by atoms with E-state index in [9.17, 15) is 13.2 Å². The maximum Gasteiger partial charge on any atom is 0.420 e. The SMILES string of the molecule is N#CCc1cc(C(F)(F)F)c(O)cn1. The predicted octanol–water partition coefficient (Wildman–Crippen LogP) is 1.87. The van der Waals surface area contributed by atoms with Gasteiger partial charge >= 0.3 is 6.18 Å². The second-order valence-corrected chi connectivity index (χ2v) is 2.53. The zero-order chi connectivity index (χ0) is 10.8. The van der Waals surface area contributed by atoms with E-state index in [4.69, 9.17) is 10.4 Å². The van der Waals surface area contributed by atoms with E-state index in [0.717, 1.165) is 0 Å². The van der Waals surface area contributed by atoms with Crippen molar-refractivity contribution in [2.24, 2.45) is 0 Å². The summed E-state index contributed by atoms with van der Waals surface area (Å²) in [6.07, 6.45) is -4.16. The third-order valence-corrected chi connectivity index (χ3v) is 1.51. The van der Waals surface area contributed by atoms with Crippen LogP contribution in [0.5, 0.6) is 5.75 Å². The number of nitriles is 1. The molecule has 0 saturated heterocycles. The number of rotatable bonds is 1. The van der Waals surface area contributed by atoms with Crippen molar-refractivity contribution in [2.45, 2.75) is 12.6 Å². The summed E-state index contributed by atoms with van der Waals surface area (Å²) in [5.74, 6) is -0.931. The fourth-order valence-electron chi connectivity index (χ4n) is 0.896. The van der Waals surface area contributed by atoms with E-state index in [-0.39, 0.29) is 12.1 Å². The molecular weight excluding hydrogens is 197 g/mol. The van der Waals surface area contributed by atoms with E-state index in [1.807, 2.05) is 0 Å². The number of nitrogens with zero attached hydrogens (tertiary/aromatic N) is 2. The third kappa shape index (κ3) is 2.13. The molecule has 1 heterocycles. The molecule has 0 fully saturated rings. The Balaban J connectivity index is 3.17. The van der Waals surface area contributed by atoms with Crippen LogP contribution < -0.4 is 0 Å². The van der Waals surface area contributed by atoms with Crippen molar-refractivity contribution in [2.75, 3.05) is 0 Å². The fourth-order valence-corrected chi connectivity index (χ4v) is 0.896. The summed E-state index contributed by atoms with van der Waals surface area (Å²) in [6.45, 7) is 0. The molecule has 6 heteroatoms. The lowest BCUT2D eigenvalue weighted by atomic mass is 10.2. The van der Waals surface area contributed by atoms with Gasteiger partial charge in [0.1, 0.15) is 11.3 Å². The number of aromatic hydroxyl groups is 1. The van der Waals surface area contributed by atoms with Gasteiger partial charge in [-0.3, -0.25) is 4.98 Å². The van der Waals surface area contributed by atoms with Crippen molar-refractivity contribution in [3.8, 4) is 11.8 Å². The van der Waals surface area contributed by atoms with Gasteiger partial charge < -0.3 is 5.11 Å². The Morgan fingerprint density at radius 2 is 2.14 bits per heavy atom. The molecule has 1 rings (SSSR count). The van der Waals surface area contributed by atoms with Gasteiger partial charge in [-0.1, -0.05) is 0 Å². The number of hydrogen-bond donors (Lipinski definition) is 1. The van der Waals surface area contributed by atoms with Crippen molar-refractivity contribution in [1.82, 2.24) is 4.98 Å². The van der Waals surface area contributed by atoms with Crippen molar-refractivity contribution >= 4 is 0 Å². The summed E-state index contributed by atoms with van der Waals surface area (Å²) >= 11 is 0. The van der Waals surface area contributed by atoms with Crippen molar-refractivity contribution in [3.63, 3.8) is 0 Å². The molecule has 0 aliphatic rings. The van der Waals surface area contributed by atoms with E-state index >= 15 is 0 Å². The number of alkyl halides is 3. The summed E-state index contributed by atoms with van der Waals surface area (Å²) < 4.78 is 36.6. The third-order valence-electron chi connectivity index (χ3n) is 1.51. The van der Waals surface area contributed by atoms with Gasteiger partial charge in [-0.05, 0) is 6.07 Å². The Kier molecular flexibility index (Phi) is 2.60. The molecule has 0 saturated carbocycles. The molecule has 14 heavy (non-hydrogen) atoms. The van der Waals surface area contributed by atoms with Crippen LogP contribution in [-0.2, 0) is 12.6 Å². The molecule has 0 unspecified atom stereocenters. The van der Waals surface area contributed by atoms with Crippen LogP contribution in [0, 0.1) is 11.3 Å². The lowest BCUT2D eigenvalue weighted by Gasteiger charge is -2.08. The van der Waals surface area contributed by atoms with Gasteiger partial charge in [0, 0.05) is 0 Å². The average molecular weight is 202 g/mol. The molecule has 1 aromatic heterocycles. The van der Waals surface area contributed by atoms with Gasteiger partial charge in [-0.15, -0.1) is 0 Å². The van der Waals surface area contributed by atoms with Crippen LogP contribution in [0.1, 0.15) is 11.3 Å². The number of pyridine rings is 1. The van der Waals surface area contributed by atoms with Gasteiger partial charge in [0.2, 0.25) is 0 Å². The Labute approximate surface area is 77.4 Å². The normalized spacial score (nSPS) is 11.0. The summed E-state index contributed by atoms with van der Waals surface area (Å²) in [6, 6.07) is 2.34. The molecule has 0 aliphatic heterocycles. The maximum atomic E-state index is 12.2. The highest BCUT2D eigenvalue weighted by atomic mass is 19.4. The van der Waals surface area contributed by atoms with Crippen LogP contribution in [-0.4, -0.2) is 10.1 Å². The number of halogens is 3. The lowest BCUT2D eigenvalue weighted by Crippen LogP contribution is -2.06. The smallest absolute Gasteiger partial charge is 0.420 e. The highest BCUT2D eigenvalue weighted by molar-refractivity contribution is 5.34. The van der Waals surface area contributed by atoms with E-state index < -0.39 is 17.5 Å². The monoisotopic (exact) mass is 202 g/mol. The van der Waals surface area contributed by atoms with Gasteiger partial charge in [0.05, 0.1) is 24.4 Å². The first-order valence-electron chi connectivity index (χ1n) is 3.57. The Morgan fingerprint density at radius 3 is 2.64 bits per heavy atom. The lowest BCUT2D eigenvalue weighted by molar-refractivity contribution is -0.138. The zero-order valence-electron chi connectivity index (χ0n) is 6.84. The largest absolute Gasteiger partial charge is 0.506 e. The van der Waals surface area contributed by atoms with Crippen molar-refractivity contribution in [3.05, 3.63) is 23.5 Å². The second kappa shape index (κ2) is 3.54. The van der Waals surface area contributed by atoms with Crippen LogP contribution in [0.2, 0.25) is 0 Å². The molecule has 1 N–H and O–H groups in total. The minimum atomic E-state index is -4.63. The van der Waals surface area contributed by atoms with Crippen molar-refractivity contribution in [1.29, 1.82) is 5.26 Å². The summed E-state index contributed by atoms with van der Waals surface area (Å²) in [5.41, 5.74) is -1.18. The zero-order valence-corrected chi connectivity index (χ0v) is 6.84. The highest BCUT2D eigenvalue weighted by Gasteiger charge is 2.34. The minimum absolute atomic E-state index is 0.0161. The van der Waals surface area contributed by atoms with Crippen LogP contribution in [0.25, 0.3) is 0 Å². The first kappa shape index (κ1) is 10.3. The molecule has 0 aliphatic carbocycles. The topological polar surface area (TPSA) is 56.9 Å². The van der Waals surface area contributed by atoms with E-state index in [2.05, 4.69) is 4.98 Å². The molecule has 1 aromatic rings. The second-order valence-electron chi connectivity index (χ2n) is 2.53. The van der Waals surface area contributed by atoms with E-state index in [1.54, 1.807) is 6.07 Å². The highest BCUT2D eigenvalue weighted by Crippen LogP contribution is 2.35. The molecule has 3 nitrogen and oxygen atoms in total. The number of aromatic nitrogens is 1. The minimum Gasteiger partial charge on any atom is -0.506 e. The maximum absolute atomic E-state index is 12.2. The molecule has 74 valence electrons. The molecule has 0 amide bonds. The Bertz CT molecular complexity index is 381. The average Bonchev–Trinajstić information content (AvgIpc) is 2.07. The first-order valence-corrected chi connectivity index (χ1v) is 3.57. The van der Waals surface area contributed by atoms with E-state index in [1.165, 1.54) is 0 Å². The molecule has 0 radical (unpaired) electrons. The Morgan fingerprint density at radius 1 is 1.50 bits per heavy atom. The van der Waals surface area contributed by atoms with Gasteiger partial charge in [-0.25, -0.2) is 0 Å². The van der Waals surface area contributed by atoms with Crippen LogP contribution in [0.4, 0.5) is 13.2 Å². The fraction of sp³-hybridized carbons (Fsp3) is 0.250. The van der Waals surface area contributed by atoms with Crippen molar-refractivity contribution < 1.29 is 18.3 Å². The summed E-state index contributed by atoms with van der Waals surface area (Å²) in [4.78, 5) is 3.47. The molecule has 0 atom stereocenters. The van der Waals surface area contributed by atoms with Gasteiger partial charge in [0.25, 0.3) is 0 Å². The predicted molar refractivity (Wildman–Crippen MR) is 40.2 cm³/mol. The van der Waals surface area contributed by atoms with Crippen LogP contribution in [0.15, 0.2) is 12.3 Å². The quantitative estimate of drug-likeness (QED) is 0.756. The molecule has 0 bridgehead atoms. The Hall–Kier alpha value is -1.77. The first-order chi connectivity index (χ1) is 6.45. The van der Waals surface area contributed by atoms with Crippen LogP contribution in [0.3, 0.4) is 0 Å². The molecule has 0 aromatic carbocycles. The van der Waals surface area contributed by atoms with Gasteiger partial charge in [0.15, 0.2) is 0 Å². The van der Waals surface area contributed by atoms with Crippen LogP contribution >= 0.6 is 0 Å². The van der Waals surface area contributed by atoms with E-state index in [0.29, 0.717) is 12.3 Å². The molecule has 0 spiro atoms. The summed E-state index contributed by atoms with van der Waals surface area (Å²) in [5, 5.41) is 17.1. The molecular formula is C8H5F3N2O. The standard InChI is InChI=1S/C8H5F3N2O/c9-8(10,11)6-3-5(1-2-12)13-4-7(6)14/h3-4,14H,1H2. The number of hydrogen-bond acceptors (Lipinski definition) is 3. The van der Waals surface area contributed by atoms with Gasteiger partial charge in [-0.2, -0.15) is 18.4 Å².